The number of aryl methyl sites for hydroxylation is 1. The molecule has 2 heterocycles. The molecule has 130 valence electrons. The van der Waals surface area contributed by atoms with E-state index in [1.54, 1.807) is 36.1 Å². The highest BCUT2D eigenvalue weighted by atomic mass is 35.5. The number of benzene rings is 2. The number of nitrogens with zero attached hydrogens (tertiary/aromatic N) is 4. The minimum Gasteiger partial charge on any atom is -0.333 e. The van der Waals surface area contributed by atoms with E-state index in [0.29, 0.717) is 27.6 Å². The number of halogens is 3. The zero-order valence-corrected chi connectivity index (χ0v) is 14.3. The molecular weight excluding hydrogens is 360 g/mol. The highest BCUT2D eigenvalue weighted by Crippen LogP contribution is 2.31. The Morgan fingerprint density at radius 3 is 2.46 bits per heavy atom. The first-order valence-electron chi connectivity index (χ1n) is 7.69. The van der Waals surface area contributed by atoms with Crippen molar-refractivity contribution in [2.24, 2.45) is 7.05 Å². The average molecular weight is 372 g/mol. The topological polar surface area (TPSA) is 55.6 Å². The van der Waals surface area contributed by atoms with Crippen LogP contribution in [0.1, 0.15) is 0 Å². The van der Waals surface area contributed by atoms with E-state index in [2.05, 4.69) is 20.3 Å². The van der Waals surface area contributed by atoms with Crippen LogP contribution < -0.4 is 5.32 Å². The molecule has 0 saturated carbocycles. The summed E-state index contributed by atoms with van der Waals surface area (Å²) in [6, 6.07) is 10.7. The fourth-order valence-corrected chi connectivity index (χ4v) is 2.81. The molecule has 0 saturated heterocycles. The van der Waals surface area contributed by atoms with Crippen LogP contribution in [0.4, 0.5) is 20.3 Å². The SMILES string of the molecule is Cn1cnc2c(Nc3c(F)cccc3F)nc(-c3ccccc3Cl)nc21. The summed E-state index contributed by atoms with van der Waals surface area (Å²) in [4.78, 5) is 13.1. The van der Waals surface area contributed by atoms with Crippen LogP contribution in [0.3, 0.4) is 0 Å². The molecule has 0 radical (unpaired) electrons. The Balaban J connectivity index is 1.93. The Morgan fingerprint density at radius 1 is 1.00 bits per heavy atom. The normalized spacial score (nSPS) is 11.1. The standard InChI is InChI=1S/C18H12ClF2N5/c1-26-9-22-15-17(23-14-12(20)7-4-8-13(14)21)24-16(25-18(15)26)10-5-2-3-6-11(10)19/h2-9H,1H3,(H,23,24,25). The van der Waals surface area contributed by atoms with Crippen LogP contribution in [-0.2, 0) is 7.05 Å². The maximum atomic E-state index is 14.0. The first-order valence-corrected chi connectivity index (χ1v) is 8.07. The molecule has 5 nitrogen and oxygen atoms in total. The first-order chi connectivity index (χ1) is 12.5. The Morgan fingerprint density at radius 2 is 1.73 bits per heavy atom. The van der Waals surface area contributed by atoms with Crippen molar-refractivity contribution >= 4 is 34.3 Å². The van der Waals surface area contributed by atoms with Gasteiger partial charge in [0, 0.05) is 12.6 Å². The van der Waals surface area contributed by atoms with Crippen LogP contribution in [0.2, 0.25) is 5.02 Å². The molecule has 8 heteroatoms. The summed E-state index contributed by atoms with van der Waals surface area (Å²) in [6.45, 7) is 0. The smallest absolute Gasteiger partial charge is 0.165 e. The van der Waals surface area contributed by atoms with Crippen molar-refractivity contribution in [3.05, 3.63) is 65.4 Å². The number of nitrogens with one attached hydrogen (secondary N) is 1. The summed E-state index contributed by atoms with van der Waals surface area (Å²) in [5.41, 5.74) is 1.21. The maximum absolute atomic E-state index is 14.0. The van der Waals surface area contributed by atoms with Gasteiger partial charge in [0.15, 0.2) is 22.8 Å². The van der Waals surface area contributed by atoms with E-state index in [9.17, 15) is 8.78 Å². The molecule has 26 heavy (non-hydrogen) atoms. The van der Waals surface area contributed by atoms with Crippen molar-refractivity contribution in [1.82, 2.24) is 19.5 Å². The Labute approximate surface area is 152 Å². The zero-order valence-electron chi connectivity index (χ0n) is 13.5. The van der Waals surface area contributed by atoms with Crippen molar-refractivity contribution in [2.45, 2.75) is 0 Å². The van der Waals surface area contributed by atoms with Crippen LogP contribution >= 0.6 is 11.6 Å². The van der Waals surface area contributed by atoms with Crippen molar-refractivity contribution < 1.29 is 8.78 Å². The Bertz CT molecular complexity index is 1110. The summed E-state index contributed by atoms with van der Waals surface area (Å²) in [5.74, 6) is -0.945. The number of hydrogen-bond donors (Lipinski definition) is 1. The monoisotopic (exact) mass is 371 g/mol. The highest BCUT2D eigenvalue weighted by molar-refractivity contribution is 6.33. The third kappa shape index (κ3) is 2.76. The Hall–Kier alpha value is -3.06. The molecule has 0 aliphatic carbocycles. The van der Waals surface area contributed by atoms with Gasteiger partial charge < -0.3 is 9.88 Å². The van der Waals surface area contributed by atoms with E-state index in [1.165, 1.54) is 6.07 Å². The van der Waals surface area contributed by atoms with E-state index in [-0.39, 0.29) is 11.5 Å². The summed E-state index contributed by atoms with van der Waals surface area (Å²) in [7, 11) is 1.77. The molecule has 0 atom stereocenters. The number of para-hydroxylation sites is 1. The number of aromatic nitrogens is 4. The zero-order chi connectivity index (χ0) is 18.3. The quantitative estimate of drug-likeness (QED) is 0.567. The molecule has 1 N–H and O–H groups in total. The molecule has 4 aromatic rings. The predicted molar refractivity (Wildman–Crippen MR) is 96.4 cm³/mol. The van der Waals surface area contributed by atoms with Crippen LogP contribution in [-0.4, -0.2) is 19.5 Å². The van der Waals surface area contributed by atoms with Crippen LogP contribution in [0, 0.1) is 11.6 Å². The average Bonchev–Trinajstić information content (AvgIpc) is 3.00. The lowest BCUT2D eigenvalue weighted by Gasteiger charge is -2.11. The minimum atomic E-state index is -0.730. The lowest BCUT2D eigenvalue weighted by atomic mass is 10.2. The highest BCUT2D eigenvalue weighted by Gasteiger charge is 2.17. The van der Waals surface area contributed by atoms with Gasteiger partial charge in [-0.1, -0.05) is 29.8 Å². The second-order valence-corrected chi connectivity index (χ2v) is 6.03. The van der Waals surface area contributed by atoms with Crippen molar-refractivity contribution in [2.75, 3.05) is 5.32 Å². The number of fused-ring (bicyclic) bond motifs is 1. The second kappa shape index (κ2) is 6.34. The summed E-state index contributed by atoms with van der Waals surface area (Å²) in [6.07, 6.45) is 1.55. The number of imidazole rings is 1. The molecule has 4 rings (SSSR count). The van der Waals surface area contributed by atoms with Gasteiger partial charge >= 0.3 is 0 Å². The summed E-state index contributed by atoms with van der Waals surface area (Å²) >= 11 is 6.24. The maximum Gasteiger partial charge on any atom is 0.165 e. The van der Waals surface area contributed by atoms with Crippen molar-refractivity contribution in [3.63, 3.8) is 0 Å². The van der Waals surface area contributed by atoms with Gasteiger partial charge in [-0.15, -0.1) is 0 Å². The van der Waals surface area contributed by atoms with E-state index in [1.807, 2.05) is 6.07 Å². The van der Waals surface area contributed by atoms with Crippen LogP contribution in [0.15, 0.2) is 48.8 Å². The van der Waals surface area contributed by atoms with Gasteiger partial charge in [-0.3, -0.25) is 0 Å². The van der Waals surface area contributed by atoms with Gasteiger partial charge in [-0.2, -0.15) is 0 Å². The van der Waals surface area contributed by atoms with E-state index < -0.39 is 11.6 Å². The van der Waals surface area contributed by atoms with E-state index in [4.69, 9.17) is 11.6 Å². The second-order valence-electron chi connectivity index (χ2n) is 5.63. The molecule has 2 aromatic carbocycles. The summed E-state index contributed by atoms with van der Waals surface area (Å²) in [5, 5.41) is 3.18. The fourth-order valence-electron chi connectivity index (χ4n) is 2.59. The lowest BCUT2D eigenvalue weighted by Crippen LogP contribution is -2.03. The molecule has 0 fully saturated rings. The van der Waals surface area contributed by atoms with Crippen molar-refractivity contribution in [3.8, 4) is 11.4 Å². The Kier molecular flexibility index (Phi) is 4.00. The van der Waals surface area contributed by atoms with Crippen LogP contribution in [0.5, 0.6) is 0 Å². The van der Waals surface area contributed by atoms with Gasteiger partial charge in [0.1, 0.15) is 17.3 Å². The third-order valence-electron chi connectivity index (χ3n) is 3.88. The molecule has 0 aliphatic heterocycles. The van der Waals surface area contributed by atoms with E-state index >= 15 is 0 Å². The number of rotatable bonds is 3. The minimum absolute atomic E-state index is 0.189. The van der Waals surface area contributed by atoms with Gasteiger partial charge in [-0.05, 0) is 24.3 Å². The molecule has 0 amide bonds. The fraction of sp³-hybridized carbons (Fsp3) is 0.0556. The molecule has 0 aliphatic rings. The molecule has 0 spiro atoms. The van der Waals surface area contributed by atoms with Gasteiger partial charge in [-0.25, -0.2) is 23.7 Å². The van der Waals surface area contributed by atoms with Crippen LogP contribution in [0.25, 0.3) is 22.6 Å². The first kappa shape index (κ1) is 16.4. The molecule has 0 bridgehead atoms. The third-order valence-corrected chi connectivity index (χ3v) is 4.21. The van der Waals surface area contributed by atoms with E-state index in [0.717, 1.165) is 12.1 Å². The summed E-state index contributed by atoms with van der Waals surface area (Å²) < 4.78 is 29.8. The lowest BCUT2D eigenvalue weighted by molar-refractivity contribution is 0.590. The van der Waals surface area contributed by atoms with Crippen molar-refractivity contribution in [1.29, 1.82) is 0 Å². The van der Waals surface area contributed by atoms with Gasteiger partial charge in [0.05, 0.1) is 11.3 Å². The predicted octanol–water partition coefficient (Wildman–Crippen LogP) is 4.71. The number of anilines is 2. The molecule has 0 unspecified atom stereocenters. The molecular formula is C18H12ClF2N5. The van der Waals surface area contributed by atoms with Gasteiger partial charge in [0.25, 0.3) is 0 Å². The molecule has 2 aromatic heterocycles. The largest absolute Gasteiger partial charge is 0.333 e. The van der Waals surface area contributed by atoms with Gasteiger partial charge in [0.2, 0.25) is 0 Å². The number of hydrogen-bond acceptors (Lipinski definition) is 4.